The van der Waals surface area contributed by atoms with E-state index < -0.39 is 0 Å². The third-order valence-corrected chi connectivity index (χ3v) is 7.43. The van der Waals surface area contributed by atoms with E-state index in [0.717, 1.165) is 42.6 Å². The maximum absolute atomic E-state index is 6.86. The van der Waals surface area contributed by atoms with Crippen LogP contribution in [0.1, 0.15) is 63.4 Å². The van der Waals surface area contributed by atoms with Crippen LogP contribution in [-0.4, -0.2) is 30.8 Å². The van der Waals surface area contributed by atoms with Crippen LogP contribution in [0.25, 0.3) is 11.8 Å². The minimum absolute atomic E-state index is 0.424. The van der Waals surface area contributed by atoms with Gasteiger partial charge in [-0.2, -0.15) is 10.2 Å². The van der Waals surface area contributed by atoms with Gasteiger partial charge < -0.3 is 14.6 Å². The second kappa shape index (κ2) is 8.27. The van der Waals surface area contributed by atoms with Crippen molar-refractivity contribution in [3.05, 3.63) is 27.4 Å². The zero-order valence-corrected chi connectivity index (χ0v) is 18.0. The Bertz CT molecular complexity index is 933. The van der Waals surface area contributed by atoms with Gasteiger partial charge in [0, 0.05) is 24.2 Å². The molecule has 0 saturated heterocycles. The summed E-state index contributed by atoms with van der Waals surface area (Å²) in [6.07, 6.45) is 16.0. The number of aromatic nitrogens is 1. The molecule has 0 spiro atoms. The van der Waals surface area contributed by atoms with E-state index in [1.54, 1.807) is 0 Å². The molecule has 29 heavy (non-hydrogen) atoms. The summed E-state index contributed by atoms with van der Waals surface area (Å²) in [7, 11) is 2.14. The highest BCUT2D eigenvalue weighted by atomic mass is 35.5. The molecule has 1 aromatic heterocycles. The van der Waals surface area contributed by atoms with Crippen LogP contribution < -0.4 is 15.6 Å². The average molecular weight is 415 g/mol. The predicted molar refractivity (Wildman–Crippen MR) is 117 cm³/mol. The fraction of sp³-hybridized carbons (Fsp3) is 0.652. The number of halogens is 1. The smallest absolute Gasteiger partial charge is 0.0895 e. The molecule has 156 valence electrons. The summed E-state index contributed by atoms with van der Waals surface area (Å²) >= 11 is 6.86. The second-order valence-corrected chi connectivity index (χ2v) is 9.41. The third-order valence-electron chi connectivity index (χ3n) is 7.08. The Balaban J connectivity index is 1.41. The molecule has 2 aliphatic heterocycles. The number of allylic oxidation sites excluding steroid dienone is 1. The van der Waals surface area contributed by atoms with E-state index in [9.17, 15) is 0 Å². The Hall–Kier alpha value is -1.59. The van der Waals surface area contributed by atoms with Gasteiger partial charge in [-0.3, -0.25) is 0 Å². The minimum Gasteiger partial charge on any atom is -0.375 e. The number of anilines is 1. The molecule has 1 N–H and O–H groups in total. The maximum atomic E-state index is 6.86. The Kier molecular flexibility index (Phi) is 5.53. The molecular weight excluding hydrogens is 384 g/mol. The summed E-state index contributed by atoms with van der Waals surface area (Å²) in [5.74, 6) is 0.476. The molecule has 3 heterocycles. The van der Waals surface area contributed by atoms with Gasteiger partial charge in [-0.15, -0.1) is 0 Å². The first-order valence-corrected chi connectivity index (χ1v) is 11.6. The van der Waals surface area contributed by atoms with Crippen LogP contribution in [0, 0.1) is 5.92 Å². The lowest BCUT2D eigenvalue weighted by molar-refractivity contribution is -0.0481. The molecule has 4 aliphatic rings. The molecule has 2 aliphatic carbocycles. The average Bonchev–Trinajstić information content (AvgIpc) is 3.08. The van der Waals surface area contributed by atoms with Crippen LogP contribution in [0.15, 0.2) is 21.3 Å². The summed E-state index contributed by atoms with van der Waals surface area (Å²) in [5, 5.41) is 11.5. The van der Waals surface area contributed by atoms with Crippen LogP contribution in [0.5, 0.6) is 0 Å². The van der Waals surface area contributed by atoms with E-state index >= 15 is 0 Å². The van der Waals surface area contributed by atoms with Crippen molar-refractivity contribution in [3.63, 3.8) is 0 Å². The lowest BCUT2D eigenvalue weighted by Crippen LogP contribution is -2.30. The molecule has 1 aromatic rings. The molecule has 0 bridgehead atoms. The molecular formula is C23H31ClN4O. The zero-order valence-electron chi connectivity index (χ0n) is 17.3. The van der Waals surface area contributed by atoms with Gasteiger partial charge in [-0.25, -0.2) is 0 Å². The molecule has 6 heteroatoms. The molecule has 5 rings (SSSR count). The van der Waals surface area contributed by atoms with E-state index in [1.165, 1.54) is 54.3 Å². The van der Waals surface area contributed by atoms with Gasteiger partial charge in [-0.1, -0.05) is 30.9 Å². The molecule has 0 unspecified atom stereocenters. The standard InChI is InChI=1S/C23H31ClN4O/c1-28-12-11-19(24)21(22-23(28)18-13-25-26-14-20(18)27-22)15-7-9-17(10-8-15)29-16-5-3-2-4-6-16/h11,14-17,27H,2-10,12-13H2,1H3/t15-,17-. The maximum Gasteiger partial charge on any atom is 0.0895 e. The van der Waals surface area contributed by atoms with Gasteiger partial charge in [0.1, 0.15) is 0 Å². The van der Waals surface area contributed by atoms with Crippen molar-refractivity contribution in [2.45, 2.75) is 76.5 Å². The van der Waals surface area contributed by atoms with E-state index in [-0.39, 0.29) is 0 Å². The van der Waals surface area contributed by atoms with E-state index in [1.807, 2.05) is 6.20 Å². The van der Waals surface area contributed by atoms with Crippen molar-refractivity contribution >= 4 is 29.1 Å². The lowest BCUT2D eigenvalue weighted by Gasteiger charge is -2.33. The van der Waals surface area contributed by atoms with Crippen LogP contribution in [0.3, 0.4) is 0 Å². The first kappa shape index (κ1) is 19.4. The number of hydrogen-bond acceptors (Lipinski definition) is 4. The molecule has 0 aromatic carbocycles. The topological polar surface area (TPSA) is 53.0 Å². The van der Waals surface area contributed by atoms with Crippen molar-refractivity contribution < 1.29 is 4.74 Å². The van der Waals surface area contributed by atoms with Crippen molar-refractivity contribution in [2.24, 2.45) is 16.1 Å². The number of nitrogens with one attached hydrogen (secondary N) is 1. The Labute approximate surface area is 177 Å². The Morgan fingerprint density at radius 3 is 2.62 bits per heavy atom. The SMILES string of the molecule is CN1CC=C(Cl)C([C@H]2CC[C@H](OC3CCCCC3)CC2)=c2[nH]c3c(c21)CN=NC=3. The van der Waals surface area contributed by atoms with Gasteiger partial charge in [0.05, 0.1) is 41.3 Å². The van der Waals surface area contributed by atoms with Crippen LogP contribution in [0.2, 0.25) is 0 Å². The fourth-order valence-electron chi connectivity index (χ4n) is 5.54. The zero-order chi connectivity index (χ0) is 19.8. The monoisotopic (exact) mass is 414 g/mol. The van der Waals surface area contributed by atoms with Gasteiger partial charge in [0.2, 0.25) is 0 Å². The van der Waals surface area contributed by atoms with E-state index in [4.69, 9.17) is 16.3 Å². The number of azo groups is 1. The molecule has 5 nitrogen and oxygen atoms in total. The number of fused-ring (bicyclic) bond motifs is 3. The lowest BCUT2D eigenvalue weighted by atomic mass is 9.81. The number of nitrogens with zero attached hydrogens (tertiary/aromatic N) is 3. The summed E-state index contributed by atoms with van der Waals surface area (Å²) in [6.45, 7) is 1.45. The summed E-state index contributed by atoms with van der Waals surface area (Å²) < 4.78 is 6.47. The number of ether oxygens (including phenoxy) is 1. The largest absolute Gasteiger partial charge is 0.375 e. The predicted octanol–water partition coefficient (Wildman–Crippen LogP) is 4.35. The first-order valence-electron chi connectivity index (χ1n) is 11.2. The highest BCUT2D eigenvalue weighted by Crippen LogP contribution is 2.38. The van der Waals surface area contributed by atoms with Crippen LogP contribution in [0.4, 0.5) is 5.69 Å². The molecule has 0 radical (unpaired) electrons. The van der Waals surface area contributed by atoms with Gasteiger partial charge in [-0.05, 0) is 56.1 Å². The summed E-state index contributed by atoms with van der Waals surface area (Å²) in [5.41, 5.74) is 3.77. The van der Waals surface area contributed by atoms with Gasteiger partial charge >= 0.3 is 0 Å². The van der Waals surface area contributed by atoms with Crippen molar-refractivity contribution in [2.75, 3.05) is 18.5 Å². The van der Waals surface area contributed by atoms with E-state index in [2.05, 4.69) is 33.2 Å². The number of aromatic amines is 1. The highest BCUT2D eigenvalue weighted by Gasteiger charge is 2.30. The van der Waals surface area contributed by atoms with E-state index in [0.29, 0.717) is 24.7 Å². The second-order valence-electron chi connectivity index (χ2n) is 9.00. The number of rotatable bonds is 3. The highest BCUT2D eigenvalue weighted by molar-refractivity contribution is 6.36. The molecule has 0 amide bonds. The van der Waals surface area contributed by atoms with Gasteiger partial charge in [0.25, 0.3) is 0 Å². The first-order chi connectivity index (χ1) is 14.2. The Morgan fingerprint density at radius 2 is 1.83 bits per heavy atom. The fourth-order valence-corrected chi connectivity index (χ4v) is 5.86. The number of hydrogen-bond donors (Lipinski definition) is 1. The normalized spacial score (nSPS) is 27.7. The van der Waals surface area contributed by atoms with Crippen molar-refractivity contribution in [3.8, 4) is 0 Å². The molecule has 0 atom stereocenters. The number of H-pyrrole nitrogens is 1. The Morgan fingerprint density at radius 1 is 1.07 bits per heavy atom. The molecule has 2 fully saturated rings. The van der Waals surface area contributed by atoms with Crippen LogP contribution in [-0.2, 0) is 11.3 Å². The minimum atomic E-state index is 0.424. The quantitative estimate of drug-likeness (QED) is 0.799. The summed E-state index contributed by atoms with van der Waals surface area (Å²) in [4.78, 5) is 5.92. The third kappa shape index (κ3) is 3.79. The summed E-state index contributed by atoms with van der Waals surface area (Å²) in [6, 6.07) is 0. The van der Waals surface area contributed by atoms with Crippen molar-refractivity contribution in [1.29, 1.82) is 0 Å². The van der Waals surface area contributed by atoms with Gasteiger partial charge in [0.15, 0.2) is 0 Å². The molecule has 2 saturated carbocycles. The number of likely N-dealkylation sites (N-methyl/N-ethyl adjacent to an activating group) is 1. The van der Waals surface area contributed by atoms with Crippen LogP contribution >= 0.6 is 11.6 Å². The van der Waals surface area contributed by atoms with Crippen molar-refractivity contribution in [1.82, 2.24) is 4.98 Å².